The van der Waals surface area contributed by atoms with Gasteiger partial charge in [0, 0.05) is 53.9 Å². The molecule has 0 saturated carbocycles. The van der Waals surface area contributed by atoms with E-state index in [4.69, 9.17) is 9.26 Å². The average Bonchev–Trinajstić information content (AvgIpc) is 3.34. The van der Waals surface area contributed by atoms with E-state index in [-0.39, 0.29) is 0 Å². The summed E-state index contributed by atoms with van der Waals surface area (Å²) in [7, 11) is 0. The van der Waals surface area contributed by atoms with E-state index < -0.39 is 0 Å². The molecule has 17 rings (SSSR count). The minimum atomic E-state index is 0.321. The van der Waals surface area contributed by atoms with Gasteiger partial charge < -0.3 is 22.7 Å². The number of para-hydroxylation sites is 7. The summed E-state index contributed by atoms with van der Waals surface area (Å²) in [5.41, 5.74) is 16.0. The van der Waals surface area contributed by atoms with E-state index in [0.717, 1.165) is 126 Å². The molecule has 0 aliphatic carbocycles. The third-order valence-corrected chi connectivity index (χ3v) is 16.8. The van der Waals surface area contributed by atoms with Gasteiger partial charge in [0.2, 0.25) is 5.69 Å². The van der Waals surface area contributed by atoms with Gasteiger partial charge in [-0.3, -0.25) is 0 Å². The number of furan rings is 1. The summed E-state index contributed by atoms with van der Waals surface area (Å²) in [5.74, 6) is 0. The molecule has 7 heteroatoms. The first-order valence-corrected chi connectivity index (χ1v) is 27.2. The number of fused-ring (bicyclic) bond motifs is 16. The second-order valence-corrected chi connectivity index (χ2v) is 20.8. The molecule has 0 aliphatic heterocycles. The Hall–Kier alpha value is -11.4. The zero-order chi connectivity index (χ0) is 53.4. The quantitative estimate of drug-likeness (QED) is 0.156. The number of nitriles is 1. The van der Waals surface area contributed by atoms with Gasteiger partial charge in [-0.15, -0.1) is 0 Å². The monoisotopic (exact) mass is 1030 g/mol. The maximum Gasteiger partial charge on any atom is 0.237 e. The van der Waals surface area contributed by atoms with Gasteiger partial charge in [-0.05, 0) is 76.9 Å². The van der Waals surface area contributed by atoms with E-state index >= 15 is 0 Å². The highest BCUT2D eigenvalue weighted by atomic mass is 16.3. The maximum absolute atomic E-state index is 12.7. The largest absolute Gasteiger partial charge is 0.454 e. The van der Waals surface area contributed by atoms with Crippen LogP contribution in [0.5, 0.6) is 0 Å². The third-order valence-electron chi connectivity index (χ3n) is 16.8. The molecule has 0 atom stereocenters. The van der Waals surface area contributed by atoms with Gasteiger partial charge in [0.25, 0.3) is 0 Å². The van der Waals surface area contributed by atoms with Crippen LogP contribution in [0.4, 0.5) is 5.69 Å². The Kier molecular flexibility index (Phi) is 9.42. The summed E-state index contributed by atoms with van der Waals surface area (Å²) >= 11 is 0. The van der Waals surface area contributed by atoms with Crippen LogP contribution in [-0.4, -0.2) is 18.3 Å². The van der Waals surface area contributed by atoms with Crippen LogP contribution in [0.2, 0.25) is 0 Å². The first kappa shape index (κ1) is 44.7. The summed E-state index contributed by atoms with van der Waals surface area (Å²) in [5, 5.41) is 22.8. The first-order valence-electron chi connectivity index (χ1n) is 27.2. The Labute approximate surface area is 463 Å². The molecular weight excluding hydrogens is 989 g/mol. The number of nitrogens with zero attached hydrogens (tertiary/aromatic N) is 6. The number of hydrogen-bond acceptors (Lipinski definition) is 2. The van der Waals surface area contributed by atoms with Crippen molar-refractivity contribution in [1.82, 2.24) is 18.3 Å². The summed E-state index contributed by atoms with van der Waals surface area (Å²) in [6.07, 6.45) is 0. The molecule has 0 unspecified atom stereocenters. The second kappa shape index (κ2) is 17.1. The van der Waals surface area contributed by atoms with Crippen molar-refractivity contribution in [2.45, 2.75) is 0 Å². The predicted octanol–water partition coefficient (Wildman–Crippen LogP) is 19.7. The zero-order valence-corrected chi connectivity index (χ0v) is 43.3. The molecule has 0 spiro atoms. The smallest absolute Gasteiger partial charge is 0.237 e. The molecule has 5 heterocycles. The van der Waals surface area contributed by atoms with E-state index in [1.807, 2.05) is 24.3 Å². The fraction of sp³-hybridized carbons (Fsp3) is 0. The Morgan fingerprint density at radius 2 is 0.753 bits per heavy atom. The molecule has 374 valence electrons. The van der Waals surface area contributed by atoms with Crippen molar-refractivity contribution in [2.24, 2.45) is 0 Å². The van der Waals surface area contributed by atoms with Crippen molar-refractivity contribution in [3.05, 3.63) is 272 Å². The molecule has 0 radical (unpaired) electrons. The Morgan fingerprint density at radius 3 is 1.28 bits per heavy atom. The van der Waals surface area contributed by atoms with Gasteiger partial charge in [-0.25, -0.2) is 4.85 Å². The lowest BCUT2D eigenvalue weighted by Crippen LogP contribution is -2.14. The Bertz CT molecular complexity index is 5320. The number of benzene rings is 12. The van der Waals surface area contributed by atoms with Crippen molar-refractivity contribution >= 4 is 115 Å². The van der Waals surface area contributed by atoms with Crippen molar-refractivity contribution in [3.8, 4) is 51.1 Å². The van der Waals surface area contributed by atoms with E-state index in [1.165, 1.54) is 0 Å². The van der Waals surface area contributed by atoms with Crippen LogP contribution in [0.15, 0.2) is 259 Å². The van der Waals surface area contributed by atoms with Crippen molar-refractivity contribution < 1.29 is 4.42 Å². The van der Waals surface area contributed by atoms with Gasteiger partial charge in [-0.2, -0.15) is 5.26 Å². The fourth-order valence-electron chi connectivity index (χ4n) is 13.6. The predicted molar refractivity (Wildman–Crippen MR) is 333 cm³/mol. The zero-order valence-electron chi connectivity index (χ0n) is 43.3. The van der Waals surface area contributed by atoms with Gasteiger partial charge in [0.15, 0.2) is 5.58 Å². The standard InChI is InChI=1S/C74H42N6O/c1-76-68-69(77-59-34-14-7-26-48(59)49-27-8-15-35-60(49)77)58(44-75)70(78-61-36-16-9-28-50(61)51-29-10-17-37-62(51)78)73(72(68)79-63-38-18-11-30-52(63)53-31-12-19-39-64(53)79)80-65-40-21-33-55(47-25-6-5-24-46(47)45-22-3-2-4-23-45)67(65)57-43-42-56-54-32-13-20-41-66(54)81-74(56)71(57)80/h2-43H. The van der Waals surface area contributed by atoms with Crippen LogP contribution in [0.1, 0.15) is 5.56 Å². The molecule has 0 aliphatic rings. The first-order chi connectivity index (χ1) is 40.2. The molecule has 17 aromatic rings. The lowest BCUT2D eigenvalue weighted by atomic mass is 9.92. The molecule has 5 aromatic heterocycles. The molecule has 81 heavy (non-hydrogen) atoms. The van der Waals surface area contributed by atoms with Crippen LogP contribution in [0.25, 0.3) is 159 Å². The van der Waals surface area contributed by atoms with Gasteiger partial charge in [0.1, 0.15) is 11.7 Å². The Morgan fingerprint density at radius 1 is 0.333 bits per heavy atom. The minimum Gasteiger partial charge on any atom is -0.454 e. The summed E-state index contributed by atoms with van der Waals surface area (Å²) in [6.45, 7) is 9.90. The molecule has 0 saturated heterocycles. The summed E-state index contributed by atoms with van der Waals surface area (Å²) in [6, 6.07) is 92.1. The van der Waals surface area contributed by atoms with E-state index in [0.29, 0.717) is 39.6 Å². The van der Waals surface area contributed by atoms with Crippen LogP contribution < -0.4 is 0 Å². The fourth-order valence-corrected chi connectivity index (χ4v) is 13.6. The SMILES string of the molecule is [C-]#[N+]c1c(-n2c3ccccc3c3ccccc32)c(C#N)c(-n2c3ccccc3c3ccccc32)c(-n2c3cccc(-c4ccccc4-c4ccccc4)c3c3ccc4c5ccccc5oc4c32)c1-n1c2ccccc2c2ccccc21. The normalized spacial score (nSPS) is 11.9. The highest BCUT2D eigenvalue weighted by Crippen LogP contribution is 2.54. The number of hydrogen-bond donors (Lipinski definition) is 0. The van der Waals surface area contributed by atoms with Gasteiger partial charge in [0.05, 0.1) is 79.0 Å². The second-order valence-electron chi connectivity index (χ2n) is 20.8. The van der Waals surface area contributed by atoms with Crippen molar-refractivity contribution in [1.29, 1.82) is 5.26 Å². The lowest BCUT2D eigenvalue weighted by molar-refractivity contribution is 0.671. The van der Waals surface area contributed by atoms with Crippen LogP contribution in [0.3, 0.4) is 0 Å². The topological polar surface area (TPSA) is 61.0 Å². The lowest BCUT2D eigenvalue weighted by Gasteiger charge is -2.27. The van der Waals surface area contributed by atoms with Gasteiger partial charge >= 0.3 is 0 Å². The molecule has 7 nitrogen and oxygen atoms in total. The van der Waals surface area contributed by atoms with Crippen LogP contribution in [0, 0.1) is 17.9 Å². The number of aromatic nitrogens is 4. The Balaban J connectivity index is 1.20. The summed E-state index contributed by atoms with van der Waals surface area (Å²) < 4.78 is 16.4. The van der Waals surface area contributed by atoms with Crippen LogP contribution >= 0.6 is 0 Å². The van der Waals surface area contributed by atoms with E-state index in [9.17, 15) is 11.8 Å². The highest BCUT2D eigenvalue weighted by molar-refractivity contribution is 6.26. The molecular formula is C74H42N6O. The highest BCUT2D eigenvalue weighted by Gasteiger charge is 2.35. The van der Waals surface area contributed by atoms with Crippen LogP contribution in [-0.2, 0) is 0 Å². The molecule has 0 fully saturated rings. The van der Waals surface area contributed by atoms with E-state index in [1.54, 1.807) is 0 Å². The molecule has 0 amide bonds. The van der Waals surface area contributed by atoms with Gasteiger partial charge in [-0.1, -0.05) is 200 Å². The third kappa shape index (κ3) is 6.09. The maximum atomic E-state index is 12.7. The molecule has 0 bridgehead atoms. The molecule has 0 N–H and O–H groups in total. The average molecular weight is 1030 g/mol. The minimum absolute atomic E-state index is 0.321. The number of rotatable bonds is 6. The van der Waals surface area contributed by atoms with Crippen molar-refractivity contribution in [2.75, 3.05) is 0 Å². The van der Waals surface area contributed by atoms with Crippen molar-refractivity contribution in [3.63, 3.8) is 0 Å². The van der Waals surface area contributed by atoms with E-state index in [2.05, 4.69) is 255 Å². The molecule has 12 aromatic carbocycles. The summed E-state index contributed by atoms with van der Waals surface area (Å²) in [4.78, 5) is 4.81.